The largest absolute Gasteiger partial charge is 0.511 e. The van der Waals surface area contributed by atoms with Crippen molar-refractivity contribution >= 4 is 31.0 Å². The maximum atomic E-state index is 11.0. The first-order valence-corrected chi connectivity index (χ1v) is 8.41. The van der Waals surface area contributed by atoms with Gasteiger partial charge in [-0.3, -0.25) is 9.35 Å². The van der Waals surface area contributed by atoms with Gasteiger partial charge in [0.25, 0.3) is 10.1 Å². The van der Waals surface area contributed by atoms with Crippen molar-refractivity contribution in [2.45, 2.75) is 10.4 Å². The van der Waals surface area contributed by atoms with Gasteiger partial charge < -0.3 is 4.98 Å². The molecule has 0 aliphatic carbocycles. The number of rotatable bonds is 1. The number of hydrogen-bond acceptors (Lipinski definition) is 5. The number of pyridine rings is 1. The van der Waals surface area contributed by atoms with E-state index in [1.165, 1.54) is 24.3 Å². The number of sulfonamides is 1. The molecule has 1 aromatic heterocycles. The summed E-state index contributed by atoms with van der Waals surface area (Å²) in [6.07, 6.45) is 0. The summed E-state index contributed by atoms with van der Waals surface area (Å²) in [6, 6.07) is 7.14. The van der Waals surface area contributed by atoms with Crippen LogP contribution in [0, 0.1) is 0 Å². The smallest absolute Gasteiger partial charge is 0.321 e. The molecule has 0 saturated heterocycles. The average Bonchev–Trinajstić information content (AvgIpc) is 2.35. The number of alkyl halides is 3. The van der Waals surface area contributed by atoms with E-state index in [2.05, 4.69) is 10.1 Å². The van der Waals surface area contributed by atoms with Gasteiger partial charge in [-0.05, 0) is 17.5 Å². The molecule has 8 nitrogen and oxygen atoms in total. The lowest BCUT2D eigenvalue weighted by atomic mass is 10.2. The van der Waals surface area contributed by atoms with Gasteiger partial charge in [-0.25, -0.2) is 13.6 Å². The summed E-state index contributed by atoms with van der Waals surface area (Å²) < 4.78 is 82.1. The zero-order chi connectivity index (χ0) is 18.1. The van der Waals surface area contributed by atoms with Crippen molar-refractivity contribution in [3.63, 3.8) is 0 Å². The molecule has 0 aliphatic heterocycles. The molecule has 128 valence electrons. The molecule has 4 N–H and O–H groups in total. The third-order valence-corrected chi connectivity index (χ3v) is 3.86. The number of nitrogens with one attached hydrogen (secondary N) is 1. The standard InChI is InChI=1S/C9H7NO4S.CH2F3NO2S/c11-8-5-4-6-2-1-3-7(9(6)10-8)15(12,13)14;2-1(3,4)8(5,6)7/h1-5H,(H,10,11)(H,12,13,14);(H2,5,6,7). The molecule has 0 atom stereocenters. The van der Waals surface area contributed by atoms with E-state index in [0.717, 1.165) is 0 Å². The monoisotopic (exact) mass is 374 g/mol. The molecule has 0 fully saturated rings. The summed E-state index contributed by atoms with van der Waals surface area (Å²) in [6.45, 7) is 0. The second-order valence-electron chi connectivity index (χ2n) is 4.01. The van der Waals surface area contributed by atoms with E-state index >= 15 is 0 Å². The SMILES string of the molecule is NS(=O)(=O)C(F)(F)F.O=c1ccc2cccc(S(=O)(=O)O)c2[nH]1. The minimum absolute atomic E-state index is 0.118. The van der Waals surface area contributed by atoms with Gasteiger partial charge in [-0.2, -0.15) is 21.6 Å². The van der Waals surface area contributed by atoms with Crippen molar-refractivity contribution in [2.24, 2.45) is 5.14 Å². The van der Waals surface area contributed by atoms with Crippen LogP contribution in [0.15, 0.2) is 40.0 Å². The van der Waals surface area contributed by atoms with E-state index in [1.807, 2.05) is 0 Å². The number of fused-ring (bicyclic) bond motifs is 1. The third-order valence-electron chi connectivity index (χ3n) is 2.32. The lowest BCUT2D eigenvalue weighted by Gasteiger charge is -2.02. The molecular formula is C10H9F3N2O6S2. The second kappa shape index (κ2) is 6.27. The van der Waals surface area contributed by atoms with Gasteiger partial charge in [0.05, 0.1) is 5.52 Å². The van der Waals surface area contributed by atoms with Crippen LogP contribution in [0.5, 0.6) is 0 Å². The fourth-order valence-electron chi connectivity index (χ4n) is 1.37. The Hall–Kier alpha value is -1.96. The van der Waals surface area contributed by atoms with Crippen LogP contribution < -0.4 is 10.7 Å². The zero-order valence-electron chi connectivity index (χ0n) is 10.9. The summed E-state index contributed by atoms with van der Waals surface area (Å²) in [7, 11) is -9.66. The van der Waals surface area contributed by atoms with Crippen molar-refractivity contribution in [2.75, 3.05) is 0 Å². The molecule has 0 unspecified atom stereocenters. The van der Waals surface area contributed by atoms with E-state index in [0.29, 0.717) is 5.39 Å². The van der Waals surface area contributed by atoms with E-state index in [1.54, 1.807) is 6.07 Å². The number of aromatic nitrogens is 1. The predicted molar refractivity (Wildman–Crippen MR) is 73.5 cm³/mol. The van der Waals surface area contributed by atoms with Crippen LogP contribution >= 0.6 is 0 Å². The van der Waals surface area contributed by atoms with Gasteiger partial charge in [0.2, 0.25) is 5.56 Å². The molecule has 0 radical (unpaired) electrons. The normalized spacial score (nSPS) is 12.6. The molecule has 0 bridgehead atoms. The van der Waals surface area contributed by atoms with E-state index < -0.39 is 31.2 Å². The van der Waals surface area contributed by atoms with Gasteiger partial charge in [-0.1, -0.05) is 12.1 Å². The highest BCUT2D eigenvalue weighted by molar-refractivity contribution is 7.90. The van der Waals surface area contributed by atoms with Crippen LogP contribution in [0.25, 0.3) is 10.9 Å². The molecule has 0 amide bonds. The number of benzene rings is 1. The van der Waals surface area contributed by atoms with Crippen LogP contribution in [0.2, 0.25) is 0 Å². The minimum Gasteiger partial charge on any atom is -0.321 e. The molecule has 0 saturated carbocycles. The lowest BCUT2D eigenvalue weighted by Crippen LogP contribution is -2.30. The molecular weight excluding hydrogens is 365 g/mol. The summed E-state index contributed by atoms with van der Waals surface area (Å²) in [5, 5.41) is 4.21. The summed E-state index contributed by atoms with van der Waals surface area (Å²) in [5.74, 6) is 0. The highest BCUT2D eigenvalue weighted by atomic mass is 32.2. The quantitative estimate of drug-likeness (QED) is 0.622. The Morgan fingerprint density at radius 1 is 1.04 bits per heavy atom. The van der Waals surface area contributed by atoms with E-state index in [-0.39, 0.29) is 10.4 Å². The lowest BCUT2D eigenvalue weighted by molar-refractivity contribution is -0.0436. The van der Waals surface area contributed by atoms with Gasteiger partial charge in [0, 0.05) is 6.07 Å². The number of H-pyrrole nitrogens is 1. The van der Waals surface area contributed by atoms with Crippen molar-refractivity contribution in [3.05, 3.63) is 40.7 Å². The van der Waals surface area contributed by atoms with Crippen molar-refractivity contribution in [1.29, 1.82) is 0 Å². The number of hydrogen-bond donors (Lipinski definition) is 3. The summed E-state index contributed by atoms with van der Waals surface area (Å²) in [4.78, 5) is 13.1. The first kappa shape index (κ1) is 19.1. The molecule has 13 heteroatoms. The number of primary sulfonamides is 1. The van der Waals surface area contributed by atoms with Crippen molar-refractivity contribution < 1.29 is 34.6 Å². The Labute approximate surface area is 127 Å². The van der Waals surface area contributed by atoms with Gasteiger partial charge >= 0.3 is 15.5 Å². The third kappa shape index (κ3) is 5.02. The molecule has 2 rings (SSSR count). The number of nitrogens with two attached hydrogens (primary N) is 1. The first-order valence-electron chi connectivity index (χ1n) is 5.42. The predicted octanol–water partition coefficient (Wildman–Crippen LogP) is 0.570. The van der Waals surface area contributed by atoms with Gasteiger partial charge in [-0.15, -0.1) is 0 Å². The Morgan fingerprint density at radius 2 is 1.57 bits per heavy atom. The molecule has 23 heavy (non-hydrogen) atoms. The Morgan fingerprint density at radius 3 is 2.00 bits per heavy atom. The fraction of sp³-hybridized carbons (Fsp3) is 0.100. The van der Waals surface area contributed by atoms with Crippen LogP contribution in [-0.4, -0.2) is 31.9 Å². The minimum atomic E-state index is -5.34. The summed E-state index contributed by atoms with van der Waals surface area (Å²) >= 11 is 0. The maximum Gasteiger partial charge on any atom is 0.511 e. The fourth-order valence-corrected chi connectivity index (χ4v) is 2.04. The topological polar surface area (TPSA) is 147 Å². The van der Waals surface area contributed by atoms with Crippen LogP contribution in [0.3, 0.4) is 0 Å². The molecule has 2 aromatic rings. The molecule has 0 spiro atoms. The van der Waals surface area contributed by atoms with Gasteiger partial charge in [0.1, 0.15) is 4.90 Å². The second-order valence-corrected chi connectivity index (χ2v) is 6.95. The van der Waals surface area contributed by atoms with Gasteiger partial charge in [0.15, 0.2) is 0 Å². The Balaban J connectivity index is 0.000000284. The van der Waals surface area contributed by atoms with Crippen LogP contribution in [0.4, 0.5) is 13.2 Å². The van der Waals surface area contributed by atoms with E-state index in [9.17, 15) is 34.8 Å². The first-order chi connectivity index (χ1) is 10.2. The average molecular weight is 374 g/mol. The van der Waals surface area contributed by atoms with Crippen molar-refractivity contribution in [3.8, 4) is 0 Å². The highest BCUT2D eigenvalue weighted by Gasteiger charge is 2.42. The highest BCUT2D eigenvalue weighted by Crippen LogP contribution is 2.19. The molecule has 1 heterocycles. The Bertz CT molecular complexity index is 980. The molecule has 1 aromatic carbocycles. The zero-order valence-corrected chi connectivity index (χ0v) is 12.5. The Kier molecular flexibility index (Phi) is 5.20. The maximum absolute atomic E-state index is 11.0. The number of para-hydroxylation sites is 1. The number of halogens is 3. The van der Waals surface area contributed by atoms with Crippen LogP contribution in [-0.2, 0) is 20.1 Å². The summed E-state index contributed by atoms with van der Waals surface area (Å²) in [5.41, 5.74) is -5.61. The van der Waals surface area contributed by atoms with Crippen LogP contribution in [0.1, 0.15) is 0 Å². The number of aromatic amines is 1. The van der Waals surface area contributed by atoms with Crippen molar-refractivity contribution in [1.82, 2.24) is 4.98 Å². The van der Waals surface area contributed by atoms with E-state index in [4.69, 9.17) is 4.55 Å². The molecule has 0 aliphatic rings.